The maximum Gasteiger partial charge on any atom is 0.291 e. The first-order chi connectivity index (χ1) is 23.0. The van der Waals surface area contributed by atoms with Crippen molar-refractivity contribution in [3.63, 3.8) is 0 Å². The molecule has 0 radical (unpaired) electrons. The van der Waals surface area contributed by atoms with Crippen molar-refractivity contribution in [1.29, 1.82) is 0 Å². The van der Waals surface area contributed by atoms with E-state index in [0.717, 1.165) is 104 Å². The molecule has 7 heterocycles. The highest BCUT2D eigenvalue weighted by molar-refractivity contribution is 5.91. The van der Waals surface area contributed by atoms with E-state index < -0.39 is 0 Å². The molecular weight excluding hydrogens is 590 g/mol. The monoisotopic (exact) mass is 629 g/mol. The lowest BCUT2D eigenvalue weighted by molar-refractivity contribution is 0.0557. The predicted molar refractivity (Wildman–Crippen MR) is 179 cm³/mol. The predicted octanol–water partition coefficient (Wildman–Crippen LogP) is 4.34. The third-order valence-corrected chi connectivity index (χ3v) is 10.7. The van der Waals surface area contributed by atoms with Gasteiger partial charge in [-0.3, -0.25) is 14.9 Å². The van der Waals surface area contributed by atoms with Crippen molar-refractivity contribution in [2.24, 2.45) is 0 Å². The lowest BCUT2D eigenvalue weighted by Crippen LogP contribution is -2.46. The lowest BCUT2D eigenvalue weighted by atomic mass is 9.85. The van der Waals surface area contributed by atoms with Gasteiger partial charge >= 0.3 is 0 Å². The van der Waals surface area contributed by atoms with Gasteiger partial charge in [0.05, 0.1) is 17.6 Å². The minimum absolute atomic E-state index is 0.0429. The molecule has 3 atom stereocenters. The number of pyridine rings is 1. The van der Waals surface area contributed by atoms with Gasteiger partial charge in [-0.05, 0) is 57.6 Å². The van der Waals surface area contributed by atoms with E-state index in [4.69, 9.17) is 20.8 Å². The maximum absolute atomic E-state index is 13.9. The van der Waals surface area contributed by atoms with E-state index in [1.807, 2.05) is 41.2 Å². The first kappa shape index (κ1) is 28.4. The van der Waals surface area contributed by atoms with Crippen molar-refractivity contribution >= 4 is 23.3 Å². The smallest absolute Gasteiger partial charge is 0.291 e. The standard InChI is InChI=1S/C35H39N11O/c1-43-13-15-44(16-14-43)35-40-32(41-42-35)34(47)45-25-10-11-26(45)18-24(17-25)30-29(22-7-8-22)31(36)46-33(39-30)27(20-38-46)23-9-12-28(37-19-23)21-5-3-2-4-6-21/h2-6,9,12,19-20,22,24-26H,7-8,10-11,13-18,36H2,1H3,(H,40,41,42)/t24?,25-,26+. The summed E-state index contributed by atoms with van der Waals surface area (Å²) in [6, 6.07) is 14.6. The van der Waals surface area contributed by atoms with Crippen LogP contribution in [0.1, 0.15) is 72.2 Å². The second kappa shape index (κ2) is 11.2. The molecule has 9 rings (SSSR count). The van der Waals surface area contributed by atoms with Crippen molar-refractivity contribution in [1.82, 2.24) is 44.6 Å². The number of rotatable bonds is 6. The first-order valence-electron chi connectivity index (χ1n) is 16.9. The molecule has 1 unspecified atom stereocenters. The molecule has 1 amide bonds. The van der Waals surface area contributed by atoms with Crippen molar-refractivity contribution in [3.8, 4) is 22.4 Å². The van der Waals surface area contributed by atoms with Gasteiger partial charge in [0.1, 0.15) is 5.82 Å². The summed E-state index contributed by atoms with van der Waals surface area (Å²) in [4.78, 5) is 35.2. The van der Waals surface area contributed by atoms with Crippen LogP contribution >= 0.6 is 0 Å². The van der Waals surface area contributed by atoms with Crippen LogP contribution in [0.5, 0.6) is 0 Å². The molecule has 12 heteroatoms. The second-order valence-electron chi connectivity index (χ2n) is 13.7. The van der Waals surface area contributed by atoms with Crippen molar-refractivity contribution in [2.45, 2.75) is 62.4 Å². The van der Waals surface area contributed by atoms with E-state index in [0.29, 0.717) is 23.5 Å². The zero-order valence-corrected chi connectivity index (χ0v) is 26.6. The first-order valence-corrected chi connectivity index (χ1v) is 16.9. The fraction of sp³-hybridized carbons (Fsp3) is 0.429. The van der Waals surface area contributed by atoms with Gasteiger partial charge in [0.25, 0.3) is 5.91 Å². The molecule has 47 heavy (non-hydrogen) atoms. The minimum atomic E-state index is -0.0429. The SMILES string of the molecule is CN1CCN(c2n[nH]c(C(=O)N3[C@@H]4CC[C@H]3CC(c3nc5c(-c6ccc(-c7ccccc7)nc6)cnn5c(N)c3C3CC3)C4)n2)CC1. The molecule has 4 aromatic heterocycles. The number of amides is 1. The number of hydrogen-bond acceptors (Lipinski definition) is 9. The van der Waals surface area contributed by atoms with Crippen molar-refractivity contribution < 1.29 is 4.79 Å². The Morgan fingerprint density at radius 1 is 0.872 bits per heavy atom. The number of nitrogen functional groups attached to an aromatic ring is 1. The average molecular weight is 630 g/mol. The maximum atomic E-state index is 13.9. The van der Waals surface area contributed by atoms with Gasteiger partial charge in [0.15, 0.2) is 5.65 Å². The molecule has 1 saturated carbocycles. The normalized spacial score (nSPS) is 23.1. The Hall–Kier alpha value is -4.84. The Bertz CT molecular complexity index is 1930. The molecule has 0 spiro atoms. The molecule has 2 bridgehead atoms. The number of likely N-dealkylation sites (N-methyl/N-ethyl adjacent to an activating group) is 1. The number of piperazine rings is 1. The number of H-pyrrole nitrogens is 1. The molecule has 5 aromatic rings. The Morgan fingerprint density at radius 2 is 1.64 bits per heavy atom. The molecular formula is C35H39N11O. The van der Waals surface area contributed by atoms with Crippen LogP contribution in [0, 0.1) is 0 Å². The topological polar surface area (TPSA) is 137 Å². The Balaban J connectivity index is 1.00. The van der Waals surface area contributed by atoms with E-state index in [-0.39, 0.29) is 23.9 Å². The quantitative estimate of drug-likeness (QED) is 0.281. The Labute approximate surface area is 273 Å². The largest absolute Gasteiger partial charge is 0.383 e. The summed E-state index contributed by atoms with van der Waals surface area (Å²) in [6.45, 7) is 3.63. The number of benzene rings is 1. The van der Waals surface area contributed by atoms with E-state index in [9.17, 15) is 4.79 Å². The third kappa shape index (κ3) is 4.93. The highest BCUT2D eigenvalue weighted by Gasteiger charge is 2.46. The van der Waals surface area contributed by atoms with E-state index in [1.54, 1.807) is 0 Å². The second-order valence-corrected chi connectivity index (χ2v) is 13.7. The molecule has 12 nitrogen and oxygen atoms in total. The number of aromatic amines is 1. The Kier molecular flexibility index (Phi) is 6.73. The van der Waals surface area contributed by atoms with Crippen molar-refractivity contribution in [3.05, 3.63) is 71.9 Å². The number of fused-ring (bicyclic) bond motifs is 3. The Morgan fingerprint density at radius 3 is 2.34 bits per heavy atom. The van der Waals surface area contributed by atoms with E-state index in [1.165, 1.54) is 0 Å². The summed E-state index contributed by atoms with van der Waals surface area (Å²) in [5, 5.41) is 12.1. The number of hydrogen-bond donors (Lipinski definition) is 2. The molecule has 4 fully saturated rings. The van der Waals surface area contributed by atoms with Crippen LogP contribution in [-0.2, 0) is 0 Å². The van der Waals surface area contributed by atoms with Crippen LogP contribution in [0.15, 0.2) is 54.9 Å². The fourth-order valence-corrected chi connectivity index (χ4v) is 8.03. The zero-order valence-electron chi connectivity index (χ0n) is 26.6. The molecule has 1 aromatic carbocycles. The molecule has 240 valence electrons. The number of anilines is 2. The molecule has 3 saturated heterocycles. The number of carbonyl (C=O) groups is 1. The number of nitrogens with two attached hydrogens (primary N) is 1. The minimum Gasteiger partial charge on any atom is -0.383 e. The molecule has 3 N–H and O–H groups in total. The summed E-state index contributed by atoms with van der Waals surface area (Å²) in [7, 11) is 2.12. The van der Waals surface area contributed by atoms with Crippen LogP contribution < -0.4 is 10.6 Å². The average Bonchev–Trinajstić information content (AvgIpc) is 3.53. The summed E-state index contributed by atoms with van der Waals surface area (Å²) in [5.74, 6) is 2.24. The number of nitrogens with one attached hydrogen (secondary N) is 1. The summed E-state index contributed by atoms with van der Waals surface area (Å²) in [6.07, 6.45) is 9.69. The molecule has 3 aliphatic heterocycles. The summed E-state index contributed by atoms with van der Waals surface area (Å²) in [5.41, 5.74) is 13.8. The number of carbonyl (C=O) groups excluding carboxylic acids is 1. The highest BCUT2D eigenvalue weighted by atomic mass is 16.2. The van der Waals surface area contributed by atoms with Crippen LogP contribution in [0.25, 0.3) is 28.0 Å². The van der Waals surface area contributed by atoms with Crippen LogP contribution in [-0.4, -0.2) is 95.8 Å². The van der Waals surface area contributed by atoms with E-state index in [2.05, 4.69) is 55.1 Å². The van der Waals surface area contributed by atoms with Gasteiger partial charge in [-0.25, -0.2) is 4.98 Å². The van der Waals surface area contributed by atoms with Gasteiger partial charge < -0.3 is 20.4 Å². The number of aromatic nitrogens is 7. The van der Waals surface area contributed by atoms with E-state index >= 15 is 0 Å². The van der Waals surface area contributed by atoms with Crippen LogP contribution in [0.4, 0.5) is 11.8 Å². The highest BCUT2D eigenvalue weighted by Crippen LogP contribution is 2.50. The fourth-order valence-electron chi connectivity index (χ4n) is 8.03. The third-order valence-electron chi connectivity index (χ3n) is 10.7. The van der Waals surface area contributed by atoms with Crippen molar-refractivity contribution in [2.75, 3.05) is 43.9 Å². The number of piperidine rings is 1. The van der Waals surface area contributed by atoms with Gasteiger partial charge in [-0.2, -0.15) is 14.6 Å². The van der Waals surface area contributed by atoms with Gasteiger partial charge in [0.2, 0.25) is 11.8 Å². The van der Waals surface area contributed by atoms with Gasteiger partial charge in [0, 0.05) is 72.6 Å². The molecule has 1 aliphatic carbocycles. The lowest BCUT2D eigenvalue weighted by Gasteiger charge is -2.39. The zero-order chi connectivity index (χ0) is 31.6. The van der Waals surface area contributed by atoms with Gasteiger partial charge in [-0.1, -0.05) is 36.4 Å². The summed E-state index contributed by atoms with van der Waals surface area (Å²) >= 11 is 0. The number of nitrogens with zero attached hydrogens (tertiary/aromatic N) is 9. The summed E-state index contributed by atoms with van der Waals surface area (Å²) < 4.78 is 1.81. The van der Waals surface area contributed by atoms with Gasteiger partial charge in [-0.15, -0.1) is 5.10 Å². The van der Waals surface area contributed by atoms with Crippen LogP contribution in [0.3, 0.4) is 0 Å². The molecule has 4 aliphatic rings. The van der Waals surface area contributed by atoms with Crippen LogP contribution in [0.2, 0.25) is 0 Å².